The minimum absolute atomic E-state index is 0.0925. The summed E-state index contributed by atoms with van der Waals surface area (Å²) < 4.78 is 8.83. The third-order valence-electron chi connectivity index (χ3n) is 3.62. The SMILES string of the molecule is Cc1nn(CC(C)c2nnc(-c3ccccc3)o2)c(C)c1Br. The van der Waals surface area contributed by atoms with Crippen molar-refractivity contribution >= 4 is 15.9 Å². The summed E-state index contributed by atoms with van der Waals surface area (Å²) in [7, 11) is 0. The highest BCUT2D eigenvalue weighted by Crippen LogP contribution is 2.25. The summed E-state index contributed by atoms with van der Waals surface area (Å²) in [6.45, 7) is 6.79. The second-order valence-electron chi connectivity index (χ2n) is 5.38. The van der Waals surface area contributed by atoms with E-state index in [1.807, 2.05) is 48.9 Å². The molecule has 5 nitrogen and oxygen atoms in total. The molecule has 1 atom stereocenters. The van der Waals surface area contributed by atoms with Gasteiger partial charge in [0.15, 0.2) is 0 Å². The molecular formula is C16H17BrN4O. The summed E-state index contributed by atoms with van der Waals surface area (Å²) in [5, 5.41) is 12.8. The number of rotatable bonds is 4. The Bertz CT molecular complexity index is 779. The molecule has 0 aliphatic rings. The predicted molar refractivity (Wildman–Crippen MR) is 87.6 cm³/mol. The molecule has 1 unspecified atom stereocenters. The summed E-state index contributed by atoms with van der Waals surface area (Å²) >= 11 is 3.55. The molecule has 2 heterocycles. The molecule has 3 rings (SSSR count). The van der Waals surface area contributed by atoms with Crippen LogP contribution >= 0.6 is 15.9 Å². The molecule has 0 fully saturated rings. The quantitative estimate of drug-likeness (QED) is 0.702. The Morgan fingerprint density at radius 3 is 2.55 bits per heavy atom. The maximum Gasteiger partial charge on any atom is 0.247 e. The molecule has 0 N–H and O–H groups in total. The van der Waals surface area contributed by atoms with Crippen molar-refractivity contribution in [1.29, 1.82) is 0 Å². The van der Waals surface area contributed by atoms with Crippen molar-refractivity contribution in [1.82, 2.24) is 20.0 Å². The Hall–Kier alpha value is -1.95. The molecule has 0 saturated heterocycles. The van der Waals surface area contributed by atoms with E-state index in [1.165, 1.54) is 0 Å². The van der Waals surface area contributed by atoms with Gasteiger partial charge in [-0.05, 0) is 41.9 Å². The molecule has 2 aromatic heterocycles. The Labute approximate surface area is 137 Å². The minimum atomic E-state index is 0.0925. The third-order valence-corrected chi connectivity index (χ3v) is 4.77. The van der Waals surface area contributed by atoms with Gasteiger partial charge < -0.3 is 4.42 Å². The maximum absolute atomic E-state index is 5.81. The van der Waals surface area contributed by atoms with Gasteiger partial charge in [0, 0.05) is 11.3 Å². The number of aryl methyl sites for hydroxylation is 1. The third kappa shape index (κ3) is 2.83. The second kappa shape index (κ2) is 6.04. The smallest absolute Gasteiger partial charge is 0.247 e. The molecule has 6 heteroatoms. The van der Waals surface area contributed by atoms with Gasteiger partial charge in [-0.25, -0.2) is 0 Å². The van der Waals surface area contributed by atoms with Gasteiger partial charge in [-0.15, -0.1) is 10.2 Å². The summed E-state index contributed by atoms with van der Waals surface area (Å²) in [5.41, 5.74) is 3.02. The van der Waals surface area contributed by atoms with E-state index in [0.29, 0.717) is 18.3 Å². The molecular weight excluding hydrogens is 344 g/mol. The summed E-state index contributed by atoms with van der Waals surface area (Å²) in [5.74, 6) is 1.27. The first-order valence-corrected chi connectivity index (χ1v) is 7.94. The van der Waals surface area contributed by atoms with Gasteiger partial charge in [-0.3, -0.25) is 4.68 Å². The van der Waals surface area contributed by atoms with E-state index >= 15 is 0 Å². The monoisotopic (exact) mass is 360 g/mol. The van der Waals surface area contributed by atoms with Crippen LogP contribution in [-0.4, -0.2) is 20.0 Å². The van der Waals surface area contributed by atoms with E-state index in [0.717, 1.165) is 21.4 Å². The summed E-state index contributed by atoms with van der Waals surface area (Å²) in [6, 6.07) is 9.79. The summed E-state index contributed by atoms with van der Waals surface area (Å²) in [6.07, 6.45) is 0. The molecule has 0 saturated carbocycles. The van der Waals surface area contributed by atoms with Crippen LogP contribution in [-0.2, 0) is 6.54 Å². The van der Waals surface area contributed by atoms with E-state index in [4.69, 9.17) is 4.42 Å². The van der Waals surface area contributed by atoms with Crippen molar-refractivity contribution in [2.75, 3.05) is 0 Å². The molecule has 3 aromatic rings. The fourth-order valence-corrected chi connectivity index (χ4v) is 2.61. The zero-order valence-electron chi connectivity index (χ0n) is 12.7. The number of benzene rings is 1. The van der Waals surface area contributed by atoms with Crippen LogP contribution in [0.1, 0.15) is 30.1 Å². The first kappa shape index (κ1) is 15.0. The molecule has 0 spiro atoms. The number of nitrogens with zero attached hydrogens (tertiary/aromatic N) is 4. The highest BCUT2D eigenvalue weighted by molar-refractivity contribution is 9.10. The number of halogens is 1. The van der Waals surface area contributed by atoms with Crippen molar-refractivity contribution in [2.24, 2.45) is 0 Å². The topological polar surface area (TPSA) is 56.7 Å². The highest BCUT2D eigenvalue weighted by Gasteiger charge is 2.18. The van der Waals surface area contributed by atoms with Crippen LogP contribution in [0.25, 0.3) is 11.5 Å². The minimum Gasteiger partial charge on any atom is -0.420 e. The van der Waals surface area contributed by atoms with Gasteiger partial charge in [-0.2, -0.15) is 5.10 Å². The zero-order chi connectivity index (χ0) is 15.7. The molecule has 0 amide bonds. The number of hydrogen-bond donors (Lipinski definition) is 0. The number of hydrogen-bond acceptors (Lipinski definition) is 4. The van der Waals surface area contributed by atoms with Crippen molar-refractivity contribution in [2.45, 2.75) is 33.2 Å². The van der Waals surface area contributed by atoms with E-state index in [1.54, 1.807) is 0 Å². The van der Waals surface area contributed by atoms with Crippen molar-refractivity contribution in [3.63, 3.8) is 0 Å². The van der Waals surface area contributed by atoms with Crippen molar-refractivity contribution in [3.8, 4) is 11.5 Å². The normalized spacial score (nSPS) is 12.5. The lowest BCUT2D eigenvalue weighted by atomic mass is 10.2. The number of aromatic nitrogens is 4. The van der Waals surface area contributed by atoms with Crippen LogP contribution in [0.3, 0.4) is 0 Å². The average Bonchev–Trinajstić information content (AvgIpc) is 3.11. The van der Waals surface area contributed by atoms with Gasteiger partial charge in [0.2, 0.25) is 11.8 Å². The average molecular weight is 361 g/mol. The molecule has 114 valence electrons. The van der Waals surface area contributed by atoms with Crippen molar-refractivity contribution in [3.05, 3.63) is 52.1 Å². The molecule has 1 aromatic carbocycles. The first-order chi connectivity index (χ1) is 10.6. The van der Waals surface area contributed by atoms with Crippen LogP contribution in [0.2, 0.25) is 0 Å². The van der Waals surface area contributed by atoms with E-state index in [2.05, 4.69) is 38.1 Å². The molecule has 22 heavy (non-hydrogen) atoms. The van der Waals surface area contributed by atoms with Crippen LogP contribution in [0.15, 0.2) is 39.2 Å². The molecule has 0 aliphatic carbocycles. The highest BCUT2D eigenvalue weighted by atomic mass is 79.9. The molecule has 0 bridgehead atoms. The lowest BCUT2D eigenvalue weighted by Gasteiger charge is -2.08. The molecule has 0 aliphatic heterocycles. The lowest BCUT2D eigenvalue weighted by Crippen LogP contribution is -2.09. The van der Waals surface area contributed by atoms with Gasteiger partial charge in [0.05, 0.1) is 22.6 Å². The maximum atomic E-state index is 5.81. The fraction of sp³-hybridized carbons (Fsp3) is 0.312. The Morgan fingerprint density at radius 2 is 1.91 bits per heavy atom. The Morgan fingerprint density at radius 1 is 1.18 bits per heavy atom. The Kier molecular flexibility index (Phi) is 4.11. The largest absolute Gasteiger partial charge is 0.420 e. The van der Waals surface area contributed by atoms with Gasteiger partial charge in [0.25, 0.3) is 0 Å². The van der Waals surface area contributed by atoms with Crippen LogP contribution in [0, 0.1) is 13.8 Å². The van der Waals surface area contributed by atoms with Gasteiger partial charge in [-0.1, -0.05) is 25.1 Å². The summed E-state index contributed by atoms with van der Waals surface area (Å²) in [4.78, 5) is 0. The molecule has 0 radical (unpaired) electrons. The van der Waals surface area contributed by atoms with Gasteiger partial charge in [0.1, 0.15) is 0 Å². The van der Waals surface area contributed by atoms with Gasteiger partial charge >= 0.3 is 0 Å². The fourth-order valence-electron chi connectivity index (χ4n) is 2.32. The van der Waals surface area contributed by atoms with Crippen LogP contribution in [0.5, 0.6) is 0 Å². The predicted octanol–water partition coefficient (Wildman–Crippen LogP) is 4.12. The first-order valence-electron chi connectivity index (χ1n) is 7.14. The van der Waals surface area contributed by atoms with E-state index < -0.39 is 0 Å². The second-order valence-corrected chi connectivity index (χ2v) is 6.17. The lowest BCUT2D eigenvalue weighted by molar-refractivity contribution is 0.420. The van der Waals surface area contributed by atoms with E-state index in [-0.39, 0.29) is 5.92 Å². The zero-order valence-corrected chi connectivity index (χ0v) is 14.3. The standard InChI is InChI=1S/C16H17BrN4O/c1-10(9-21-12(3)14(17)11(2)20-21)15-18-19-16(22-15)13-7-5-4-6-8-13/h4-8,10H,9H2,1-3H3. The van der Waals surface area contributed by atoms with Crippen molar-refractivity contribution < 1.29 is 4.42 Å². The van der Waals surface area contributed by atoms with Crippen LogP contribution in [0.4, 0.5) is 0 Å². The van der Waals surface area contributed by atoms with Crippen LogP contribution < -0.4 is 0 Å². The van der Waals surface area contributed by atoms with E-state index in [9.17, 15) is 0 Å². The Balaban J connectivity index is 1.80.